The molecule has 0 radical (unpaired) electrons. The molecule has 3 aromatic rings. The fourth-order valence-corrected chi connectivity index (χ4v) is 3.26. The topological polar surface area (TPSA) is 88.8 Å². The first-order chi connectivity index (χ1) is 14.5. The fourth-order valence-electron chi connectivity index (χ4n) is 3.26. The number of hydrogen-bond donors (Lipinski definition) is 1. The zero-order chi connectivity index (χ0) is 21.1. The molecular weight excluding hydrogens is 382 g/mol. The lowest BCUT2D eigenvalue weighted by Gasteiger charge is -2.20. The number of likely N-dealkylation sites (N-methyl/N-ethyl adjacent to an activating group) is 1. The number of aromatic nitrogens is 2. The number of anilines is 1. The van der Waals surface area contributed by atoms with Crippen molar-refractivity contribution in [2.45, 2.75) is 12.8 Å². The van der Waals surface area contributed by atoms with Crippen molar-refractivity contribution in [1.29, 1.82) is 0 Å². The molecular formula is C22H21N5O3. The Morgan fingerprint density at radius 3 is 2.57 bits per heavy atom. The van der Waals surface area contributed by atoms with Crippen LogP contribution in [0.4, 0.5) is 10.5 Å². The van der Waals surface area contributed by atoms with Crippen LogP contribution in [0.5, 0.6) is 0 Å². The van der Waals surface area contributed by atoms with Crippen LogP contribution in [-0.2, 0) is 23.2 Å². The number of para-hydroxylation sites is 1. The van der Waals surface area contributed by atoms with E-state index in [1.165, 1.54) is 4.90 Å². The molecule has 30 heavy (non-hydrogen) atoms. The van der Waals surface area contributed by atoms with Crippen molar-refractivity contribution in [3.8, 4) is 0 Å². The van der Waals surface area contributed by atoms with Crippen LogP contribution in [0.15, 0.2) is 72.0 Å². The number of ether oxygens (including phenoxy) is 1. The number of amides is 2. The number of nitrogens with one attached hydrogen (secondary N) is 1. The predicted octanol–water partition coefficient (Wildman–Crippen LogP) is 2.49. The molecule has 0 unspecified atom stereocenters. The number of carbonyl (C=O) groups is 2. The minimum atomic E-state index is -1.14. The van der Waals surface area contributed by atoms with Crippen molar-refractivity contribution in [2.24, 2.45) is 12.0 Å². The number of benzodiazepines with no additional fused rings is 1. The van der Waals surface area contributed by atoms with E-state index >= 15 is 0 Å². The van der Waals surface area contributed by atoms with Gasteiger partial charge in [0.15, 0.2) is 5.82 Å². The van der Waals surface area contributed by atoms with Gasteiger partial charge in [-0.1, -0.05) is 48.5 Å². The zero-order valence-electron chi connectivity index (χ0n) is 16.6. The highest BCUT2D eigenvalue weighted by molar-refractivity contribution is 6.18. The Hall–Kier alpha value is -3.94. The van der Waals surface area contributed by atoms with E-state index in [9.17, 15) is 9.59 Å². The van der Waals surface area contributed by atoms with E-state index in [4.69, 9.17) is 4.74 Å². The average molecular weight is 403 g/mol. The molecule has 1 N–H and O–H groups in total. The van der Waals surface area contributed by atoms with E-state index in [2.05, 4.69) is 15.3 Å². The van der Waals surface area contributed by atoms with Gasteiger partial charge in [-0.15, -0.1) is 0 Å². The molecule has 0 spiro atoms. The molecule has 0 saturated carbocycles. The molecule has 2 heterocycles. The van der Waals surface area contributed by atoms with Gasteiger partial charge in [-0.05, 0) is 11.6 Å². The van der Waals surface area contributed by atoms with Gasteiger partial charge in [-0.2, -0.15) is 0 Å². The number of hydrogen-bond acceptors (Lipinski definition) is 5. The van der Waals surface area contributed by atoms with Crippen LogP contribution < -0.4 is 10.2 Å². The molecule has 0 bridgehead atoms. The van der Waals surface area contributed by atoms with Crippen LogP contribution in [0.2, 0.25) is 0 Å². The Labute approximate surface area is 173 Å². The molecule has 8 heteroatoms. The van der Waals surface area contributed by atoms with Gasteiger partial charge in [0.1, 0.15) is 12.3 Å². The summed E-state index contributed by atoms with van der Waals surface area (Å²) < 4.78 is 7.09. The highest BCUT2D eigenvalue weighted by Crippen LogP contribution is 2.26. The van der Waals surface area contributed by atoms with Crippen LogP contribution in [0, 0.1) is 0 Å². The second kappa shape index (κ2) is 8.20. The zero-order valence-corrected chi connectivity index (χ0v) is 16.6. The molecule has 4 rings (SSSR count). The molecule has 2 amide bonds. The molecule has 8 nitrogen and oxygen atoms in total. The number of nitrogens with zero attached hydrogens (tertiary/aromatic N) is 4. The molecule has 1 atom stereocenters. The van der Waals surface area contributed by atoms with Crippen molar-refractivity contribution in [1.82, 2.24) is 14.9 Å². The van der Waals surface area contributed by atoms with Gasteiger partial charge in [0.25, 0.3) is 5.91 Å². The number of imidazole rings is 1. The third-order valence-corrected chi connectivity index (χ3v) is 4.84. The second-order valence-electron chi connectivity index (χ2n) is 6.86. The Balaban J connectivity index is 1.63. The molecule has 0 saturated heterocycles. The first-order valence-corrected chi connectivity index (χ1v) is 9.44. The summed E-state index contributed by atoms with van der Waals surface area (Å²) in [5, 5.41) is 2.58. The number of benzene rings is 2. The number of aryl methyl sites for hydroxylation is 1. The lowest BCUT2D eigenvalue weighted by molar-refractivity contribution is -0.120. The lowest BCUT2D eigenvalue weighted by Crippen LogP contribution is -2.46. The van der Waals surface area contributed by atoms with Crippen molar-refractivity contribution in [3.63, 3.8) is 0 Å². The fraction of sp³-hybridized carbons (Fsp3) is 0.182. The quantitative estimate of drug-likeness (QED) is 0.725. The molecule has 1 aromatic heterocycles. The molecule has 2 aromatic carbocycles. The van der Waals surface area contributed by atoms with Crippen molar-refractivity contribution in [2.75, 3.05) is 11.9 Å². The van der Waals surface area contributed by atoms with Crippen molar-refractivity contribution < 1.29 is 14.3 Å². The summed E-state index contributed by atoms with van der Waals surface area (Å²) >= 11 is 0. The Morgan fingerprint density at radius 1 is 1.10 bits per heavy atom. The van der Waals surface area contributed by atoms with Gasteiger partial charge in [0.2, 0.25) is 6.17 Å². The standard InChI is InChI=1S/C22H21N5O3/c1-26-13-12-23-20(26)18-16-10-6-7-11-17(16)27(2)21(28)19(24-18)25-22(29)30-14-15-8-4-3-5-9-15/h3-13,19H,14H2,1-2H3,(H,25,29)/t19-/m0/s1. The van der Waals surface area contributed by atoms with Gasteiger partial charge < -0.3 is 14.2 Å². The summed E-state index contributed by atoms with van der Waals surface area (Å²) in [7, 11) is 3.50. The molecule has 0 aliphatic carbocycles. The van der Waals surface area contributed by atoms with Crippen LogP contribution in [-0.4, -0.2) is 40.5 Å². The number of rotatable bonds is 4. The van der Waals surface area contributed by atoms with Crippen LogP contribution in [0.3, 0.4) is 0 Å². The predicted molar refractivity (Wildman–Crippen MR) is 112 cm³/mol. The van der Waals surface area contributed by atoms with Crippen LogP contribution in [0.1, 0.15) is 17.0 Å². The Kier molecular flexibility index (Phi) is 5.30. The Bertz CT molecular complexity index is 1110. The number of alkyl carbamates (subject to hydrolysis) is 1. The number of carbonyl (C=O) groups excluding carboxylic acids is 2. The van der Waals surface area contributed by atoms with E-state index in [1.807, 2.05) is 66.2 Å². The molecule has 1 aliphatic rings. The van der Waals surface area contributed by atoms with Gasteiger partial charge in [0.05, 0.1) is 5.69 Å². The van der Waals surface area contributed by atoms with Gasteiger partial charge in [-0.3, -0.25) is 10.1 Å². The number of aliphatic imine (C=N–C) groups is 1. The molecule has 152 valence electrons. The Morgan fingerprint density at radius 2 is 1.83 bits per heavy atom. The summed E-state index contributed by atoms with van der Waals surface area (Å²) in [5.74, 6) is 0.221. The first-order valence-electron chi connectivity index (χ1n) is 9.44. The summed E-state index contributed by atoms with van der Waals surface area (Å²) in [6.07, 6.45) is 1.60. The maximum atomic E-state index is 13.0. The van der Waals surface area contributed by atoms with E-state index in [-0.39, 0.29) is 12.5 Å². The monoisotopic (exact) mass is 403 g/mol. The largest absolute Gasteiger partial charge is 0.445 e. The van der Waals surface area contributed by atoms with Gasteiger partial charge >= 0.3 is 6.09 Å². The van der Waals surface area contributed by atoms with E-state index in [1.54, 1.807) is 19.4 Å². The summed E-state index contributed by atoms with van der Waals surface area (Å²) in [6, 6.07) is 16.7. The third kappa shape index (κ3) is 3.80. The SMILES string of the molecule is CN1C(=O)[C@H](NC(=O)OCc2ccccc2)N=C(c2nccn2C)c2ccccc21. The van der Waals surface area contributed by atoms with Gasteiger partial charge in [-0.25, -0.2) is 14.8 Å². The summed E-state index contributed by atoms with van der Waals surface area (Å²) in [5.41, 5.74) is 2.81. The van der Waals surface area contributed by atoms with Crippen LogP contribution >= 0.6 is 0 Å². The normalized spacial score (nSPS) is 15.8. The molecule has 0 fully saturated rings. The second-order valence-corrected chi connectivity index (χ2v) is 6.86. The summed E-state index contributed by atoms with van der Waals surface area (Å²) in [6.45, 7) is 0.0968. The molecule has 1 aliphatic heterocycles. The average Bonchev–Trinajstić information content (AvgIpc) is 3.16. The van der Waals surface area contributed by atoms with Crippen molar-refractivity contribution in [3.05, 3.63) is 83.9 Å². The maximum Gasteiger partial charge on any atom is 0.409 e. The van der Waals surface area contributed by atoms with Gasteiger partial charge in [0, 0.05) is 32.1 Å². The smallest absolute Gasteiger partial charge is 0.409 e. The highest BCUT2D eigenvalue weighted by atomic mass is 16.5. The third-order valence-electron chi connectivity index (χ3n) is 4.84. The summed E-state index contributed by atoms with van der Waals surface area (Å²) in [4.78, 5) is 35.9. The maximum absolute atomic E-state index is 13.0. The first kappa shape index (κ1) is 19.4. The number of fused-ring (bicyclic) bond motifs is 1. The lowest BCUT2D eigenvalue weighted by atomic mass is 10.1. The van der Waals surface area contributed by atoms with E-state index in [0.29, 0.717) is 17.2 Å². The van der Waals surface area contributed by atoms with Crippen LogP contribution in [0.25, 0.3) is 0 Å². The minimum absolute atomic E-state index is 0.0968. The highest BCUT2D eigenvalue weighted by Gasteiger charge is 2.32. The van der Waals surface area contributed by atoms with E-state index < -0.39 is 12.3 Å². The van der Waals surface area contributed by atoms with Crippen molar-refractivity contribution >= 4 is 23.4 Å². The minimum Gasteiger partial charge on any atom is -0.445 e. The van der Waals surface area contributed by atoms with E-state index in [0.717, 1.165) is 11.1 Å².